The number of aryl methyl sites for hydroxylation is 1. The summed E-state index contributed by atoms with van der Waals surface area (Å²) in [4.78, 5) is 12.1. The van der Waals surface area contributed by atoms with E-state index < -0.39 is 0 Å². The summed E-state index contributed by atoms with van der Waals surface area (Å²) >= 11 is 1.56. The molecule has 0 radical (unpaired) electrons. The molecule has 0 saturated carbocycles. The van der Waals surface area contributed by atoms with Crippen molar-refractivity contribution in [2.45, 2.75) is 19.6 Å². The van der Waals surface area contributed by atoms with Crippen LogP contribution in [0.15, 0.2) is 41.0 Å². The highest BCUT2D eigenvalue weighted by Crippen LogP contribution is 2.21. The molecule has 0 aliphatic heterocycles. The lowest BCUT2D eigenvalue weighted by atomic mass is 10.1. The molecule has 1 aromatic heterocycles. The van der Waals surface area contributed by atoms with E-state index in [9.17, 15) is 4.79 Å². The van der Waals surface area contributed by atoms with Gasteiger partial charge in [-0.2, -0.15) is 0 Å². The molecule has 0 N–H and O–H groups in total. The summed E-state index contributed by atoms with van der Waals surface area (Å²) in [6.45, 7) is 4.54. The lowest BCUT2D eigenvalue weighted by molar-refractivity contribution is 0.102. The fraction of sp³-hybridized carbons (Fsp3) is 0.312. The molecule has 0 saturated heterocycles. The van der Waals surface area contributed by atoms with Crippen LogP contribution in [-0.2, 0) is 5.75 Å². The first kappa shape index (κ1) is 14.7. The number of furan rings is 1. The summed E-state index contributed by atoms with van der Waals surface area (Å²) in [6, 6.07) is 9.35. The molecule has 0 amide bonds. The second-order valence-electron chi connectivity index (χ2n) is 4.41. The largest absolute Gasteiger partial charge is 0.494 e. The number of ketones is 1. The summed E-state index contributed by atoms with van der Waals surface area (Å²) < 4.78 is 10.7. The zero-order valence-electron chi connectivity index (χ0n) is 11.7. The lowest BCUT2D eigenvalue weighted by Gasteiger charge is -2.08. The van der Waals surface area contributed by atoms with Gasteiger partial charge in [0, 0.05) is 5.56 Å². The number of hydrogen-bond acceptors (Lipinski definition) is 4. The number of benzene rings is 1. The van der Waals surface area contributed by atoms with Gasteiger partial charge >= 0.3 is 0 Å². The van der Waals surface area contributed by atoms with Gasteiger partial charge in [0.15, 0.2) is 5.78 Å². The van der Waals surface area contributed by atoms with Gasteiger partial charge in [-0.05, 0) is 49.7 Å². The number of hydrogen-bond donors (Lipinski definition) is 0. The van der Waals surface area contributed by atoms with Crippen LogP contribution in [-0.4, -0.2) is 18.1 Å². The van der Waals surface area contributed by atoms with Crippen molar-refractivity contribution in [2.75, 3.05) is 12.4 Å². The Morgan fingerprint density at radius 1 is 1.35 bits per heavy atom. The molecule has 106 valence electrons. The molecule has 0 aliphatic rings. The van der Waals surface area contributed by atoms with Crippen LogP contribution in [0.2, 0.25) is 0 Å². The average Bonchev–Trinajstić information content (AvgIpc) is 2.94. The summed E-state index contributed by atoms with van der Waals surface area (Å²) in [6.07, 6.45) is 1.65. The van der Waals surface area contributed by atoms with Crippen molar-refractivity contribution in [3.8, 4) is 5.75 Å². The van der Waals surface area contributed by atoms with E-state index in [-0.39, 0.29) is 5.78 Å². The maximum atomic E-state index is 12.1. The monoisotopic (exact) mass is 290 g/mol. The number of rotatable bonds is 7. The molecule has 3 nitrogen and oxygen atoms in total. The molecule has 20 heavy (non-hydrogen) atoms. The van der Waals surface area contributed by atoms with Gasteiger partial charge in [0.2, 0.25) is 0 Å². The predicted octanol–water partition coefficient (Wildman–Crippen LogP) is 4.10. The average molecular weight is 290 g/mol. The second-order valence-corrected chi connectivity index (χ2v) is 5.39. The van der Waals surface area contributed by atoms with Crippen LogP contribution in [0.1, 0.15) is 28.6 Å². The van der Waals surface area contributed by atoms with E-state index in [4.69, 9.17) is 9.15 Å². The quantitative estimate of drug-likeness (QED) is 0.720. The third-order valence-corrected chi connectivity index (χ3v) is 3.81. The molecular formula is C16H18O3S. The van der Waals surface area contributed by atoms with Gasteiger partial charge in [-0.15, -0.1) is 11.8 Å². The molecule has 1 aromatic carbocycles. The standard InChI is InChI=1S/C16H18O3S/c1-3-18-16-7-6-13(9-12(16)2)15(17)11-20-10-14-5-4-8-19-14/h4-9H,3,10-11H2,1-2H3. The lowest BCUT2D eigenvalue weighted by Crippen LogP contribution is -2.04. The van der Waals surface area contributed by atoms with E-state index in [1.165, 1.54) is 0 Å². The maximum absolute atomic E-state index is 12.1. The molecule has 0 atom stereocenters. The Hall–Kier alpha value is -1.68. The third-order valence-electron chi connectivity index (χ3n) is 2.85. The van der Waals surface area contributed by atoms with E-state index in [2.05, 4.69) is 0 Å². The van der Waals surface area contributed by atoms with Gasteiger partial charge in [0.05, 0.1) is 24.4 Å². The molecule has 0 fully saturated rings. The van der Waals surface area contributed by atoms with Crippen molar-refractivity contribution in [1.29, 1.82) is 0 Å². The Morgan fingerprint density at radius 3 is 2.85 bits per heavy atom. The van der Waals surface area contributed by atoms with Crippen LogP contribution in [0.4, 0.5) is 0 Å². The van der Waals surface area contributed by atoms with E-state index in [1.54, 1.807) is 18.0 Å². The van der Waals surface area contributed by atoms with Crippen molar-refractivity contribution in [2.24, 2.45) is 0 Å². The number of ether oxygens (including phenoxy) is 1. The van der Waals surface area contributed by atoms with Crippen molar-refractivity contribution >= 4 is 17.5 Å². The summed E-state index contributed by atoms with van der Waals surface area (Å²) in [7, 11) is 0. The zero-order chi connectivity index (χ0) is 14.4. The number of carbonyl (C=O) groups is 1. The van der Waals surface area contributed by atoms with E-state index in [1.807, 2.05) is 44.2 Å². The van der Waals surface area contributed by atoms with Gasteiger partial charge in [0.1, 0.15) is 11.5 Å². The minimum absolute atomic E-state index is 0.132. The van der Waals surface area contributed by atoms with Crippen molar-refractivity contribution < 1.29 is 13.9 Å². The van der Waals surface area contributed by atoms with E-state index >= 15 is 0 Å². The molecule has 0 bridgehead atoms. The number of thioether (sulfide) groups is 1. The topological polar surface area (TPSA) is 39.4 Å². The fourth-order valence-electron chi connectivity index (χ4n) is 1.86. The minimum Gasteiger partial charge on any atom is -0.494 e. The predicted molar refractivity (Wildman–Crippen MR) is 81.5 cm³/mol. The van der Waals surface area contributed by atoms with Gasteiger partial charge in [-0.3, -0.25) is 4.79 Å². The van der Waals surface area contributed by atoms with Crippen LogP contribution in [0.3, 0.4) is 0 Å². The third kappa shape index (κ3) is 3.90. The highest BCUT2D eigenvalue weighted by atomic mass is 32.2. The molecule has 2 rings (SSSR count). The van der Waals surface area contributed by atoms with Crippen molar-refractivity contribution in [3.05, 3.63) is 53.5 Å². The van der Waals surface area contributed by atoms with E-state index in [0.29, 0.717) is 12.4 Å². The summed E-state index contributed by atoms with van der Waals surface area (Å²) in [5.41, 5.74) is 1.73. The fourth-order valence-corrected chi connectivity index (χ4v) is 2.68. The van der Waals surface area contributed by atoms with Crippen LogP contribution in [0.5, 0.6) is 5.75 Å². The van der Waals surface area contributed by atoms with Crippen LogP contribution < -0.4 is 4.74 Å². The molecule has 0 aliphatic carbocycles. The molecule has 0 spiro atoms. The summed E-state index contributed by atoms with van der Waals surface area (Å²) in [5.74, 6) is 3.04. The Bertz CT molecular complexity index is 561. The first-order chi connectivity index (χ1) is 9.70. The molecular weight excluding hydrogens is 272 g/mol. The first-order valence-corrected chi connectivity index (χ1v) is 7.73. The van der Waals surface area contributed by atoms with Crippen molar-refractivity contribution in [1.82, 2.24) is 0 Å². The Kier molecular flexibility index (Phi) is 5.30. The Balaban J connectivity index is 1.90. The number of carbonyl (C=O) groups excluding carboxylic acids is 1. The van der Waals surface area contributed by atoms with Crippen molar-refractivity contribution in [3.63, 3.8) is 0 Å². The Labute approximate surface area is 123 Å². The zero-order valence-corrected chi connectivity index (χ0v) is 12.5. The second kappa shape index (κ2) is 7.20. The highest BCUT2D eigenvalue weighted by Gasteiger charge is 2.09. The molecule has 0 unspecified atom stereocenters. The smallest absolute Gasteiger partial charge is 0.172 e. The SMILES string of the molecule is CCOc1ccc(C(=O)CSCc2ccco2)cc1C. The van der Waals surface area contributed by atoms with Gasteiger partial charge < -0.3 is 9.15 Å². The van der Waals surface area contributed by atoms with Gasteiger partial charge in [-0.1, -0.05) is 0 Å². The molecule has 2 aromatic rings. The summed E-state index contributed by atoms with van der Waals surface area (Å²) in [5, 5.41) is 0. The molecule has 4 heteroatoms. The van der Waals surface area contributed by atoms with E-state index in [0.717, 1.165) is 28.4 Å². The van der Waals surface area contributed by atoms with Gasteiger partial charge in [0.25, 0.3) is 0 Å². The molecule has 1 heterocycles. The highest BCUT2D eigenvalue weighted by molar-refractivity contribution is 7.99. The van der Waals surface area contributed by atoms with Gasteiger partial charge in [-0.25, -0.2) is 0 Å². The number of Topliss-reactive ketones (excluding diaryl/α,β-unsaturated/α-hetero) is 1. The Morgan fingerprint density at radius 2 is 2.20 bits per heavy atom. The first-order valence-electron chi connectivity index (χ1n) is 6.57. The van der Waals surface area contributed by atoms with Crippen LogP contribution >= 0.6 is 11.8 Å². The normalized spacial score (nSPS) is 10.5. The minimum atomic E-state index is 0.132. The maximum Gasteiger partial charge on any atom is 0.172 e. The van der Waals surface area contributed by atoms with Crippen LogP contribution in [0, 0.1) is 6.92 Å². The van der Waals surface area contributed by atoms with Crippen LogP contribution in [0.25, 0.3) is 0 Å².